The van der Waals surface area contributed by atoms with E-state index >= 15 is 0 Å². The van der Waals surface area contributed by atoms with E-state index in [9.17, 15) is 4.79 Å². The smallest absolute Gasteiger partial charge is 0.277 e. The molecule has 124 valence electrons. The number of carbonyl (C=O) groups excluding carboxylic acids is 1. The van der Waals surface area contributed by atoms with Crippen LogP contribution in [0.1, 0.15) is 17.0 Å². The molecular formula is C15H16N6O2S. The highest BCUT2D eigenvalue weighted by molar-refractivity contribution is 7.99. The van der Waals surface area contributed by atoms with Gasteiger partial charge in [0.05, 0.1) is 5.75 Å². The van der Waals surface area contributed by atoms with E-state index in [4.69, 9.17) is 4.42 Å². The molecule has 3 rings (SSSR count). The third-order valence-corrected chi connectivity index (χ3v) is 3.97. The molecular weight excluding hydrogens is 328 g/mol. The molecule has 1 N–H and O–H groups in total. The monoisotopic (exact) mass is 344 g/mol. The molecule has 8 nitrogen and oxygen atoms in total. The van der Waals surface area contributed by atoms with Crippen LogP contribution in [0.4, 0.5) is 0 Å². The summed E-state index contributed by atoms with van der Waals surface area (Å²) < 4.78 is 7.04. The van der Waals surface area contributed by atoms with Crippen molar-refractivity contribution in [1.82, 2.24) is 30.3 Å². The first-order valence-corrected chi connectivity index (χ1v) is 8.27. The molecule has 0 spiro atoms. The van der Waals surface area contributed by atoms with E-state index in [1.165, 1.54) is 23.7 Å². The summed E-state index contributed by atoms with van der Waals surface area (Å²) in [7, 11) is 0. The number of nitrogens with zero attached hydrogens (tertiary/aromatic N) is 5. The summed E-state index contributed by atoms with van der Waals surface area (Å²) >= 11 is 1.20. The number of thioether (sulfide) groups is 1. The third-order valence-electron chi connectivity index (χ3n) is 3.15. The van der Waals surface area contributed by atoms with Crippen molar-refractivity contribution in [3.63, 3.8) is 0 Å². The van der Waals surface area contributed by atoms with Gasteiger partial charge in [0.25, 0.3) is 5.22 Å². The first-order valence-electron chi connectivity index (χ1n) is 7.29. The third kappa shape index (κ3) is 4.66. The SMILES string of the molecule is Cc1ccc(CNC(=O)CSc2nnc(Cn3cncn3)o2)cc1. The summed E-state index contributed by atoms with van der Waals surface area (Å²) in [6.07, 6.45) is 3.00. The van der Waals surface area contributed by atoms with Gasteiger partial charge in [-0.1, -0.05) is 41.6 Å². The second-order valence-electron chi connectivity index (χ2n) is 5.11. The standard InChI is InChI=1S/C15H16N6O2S/c1-11-2-4-12(5-3-11)6-17-13(22)8-24-15-20-19-14(23-15)7-21-10-16-9-18-21/h2-5,9-10H,6-8H2,1H3,(H,17,22). The van der Waals surface area contributed by atoms with Crippen LogP contribution in [0, 0.1) is 6.92 Å². The predicted molar refractivity (Wildman–Crippen MR) is 87.2 cm³/mol. The number of aromatic nitrogens is 5. The first kappa shape index (κ1) is 16.2. The number of nitrogens with one attached hydrogen (secondary N) is 1. The van der Waals surface area contributed by atoms with Crippen LogP contribution in [0.5, 0.6) is 0 Å². The normalized spacial score (nSPS) is 10.7. The zero-order valence-electron chi connectivity index (χ0n) is 13.0. The largest absolute Gasteiger partial charge is 0.414 e. The Morgan fingerprint density at radius 3 is 2.88 bits per heavy atom. The number of rotatable bonds is 7. The second-order valence-corrected chi connectivity index (χ2v) is 6.03. The molecule has 9 heteroatoms. The molecule has 0 bridgehead atoms. The number of carbonyl (C=O) groups is 1. The van der Waals surface area contributed by atoms with Crippen molar-refractivity contribution in [2.75, 3.05) is 5.75 Å². The van der Waals surface area contributed by atoms with E-state index in [1.54, 1.807) is 11.0 Å². The molecule has 24 heavy (non-hydrogen) atoms. The van der Waals surface area contributed by atoms with Crippen LogP contribution < -0.4 is 5.32 Å². The molecule has 0 unspecified atom stereocenters. The number of hydrogen-bond donors (Lipinski definition) is 1. The van der Waals surface area contributed by atoms with Gasteiger partial charge in [0.2, 0.25) is 11.8 Å². The van der Waals surface area contributed by atoms with E-state index < -0.39 is 0 Å². The average Bonchev–Trinajstić information content (AvgIpc) is 3.25. The van der Waals surface area contributed by atoms with Crippen molar-refractivity contribution >= 4 is 17.7 Å². The van der Waals surface area contributed by atoms with Crippen molar-refractivity contribution < 1.29 is 9.21 Å². The molecule has 0 atom stereocenters. The highest BCUT2D eigenvalue weighted by Gasteiger charge is 2.10. The Labute approximate surface area is 142 Å². The maximum absolute atomic E-state index is 11.9. The van der Waals surface area contributed by atoms with Crippen molar-refractivity contribution in [2.24, 2.45) is 0 Å². The van der Waals surface area contributed by atoms with Gasteiger partial charge < -0.3 is 9.73 Å². The Bertz CT molecular complexity index is 785. The summed E-state index contributed by atoms with van der Waals surface area (Å²) in [5.41, 5.74) is 2.26. The van der Waals surface area contributed by atoms with Crippen LogP contribution in [-0.2, 0) is 17.9 Å². The number of benzene rings is 1. The van der Waals surface area contributed by atoms with Gasteiger partial charge in [-0.3, -0.25) is 4.79 Å². The lowest BCUT2D eigenvalue weighted by atomic mass is 10.1. The minimum Gasteiger partial charge on any atom is -0.414 e. The summed E-state index contributed by atoms with van der Waals surface area (Å²) in [6.45, 7) is 2.88. The zero-order chi connectivity index (χ0) is 16.8. The van der Waals surface area contributed by atoms with E-state index in [-0.39, 0.29) is 11.7 Å². The molecule has 0 aliphatic heterocycles. The zero-order valence-corrected chi connectivity index (χ0v) is 13.9. The summed E-state index contributed by atoms with van der Waals surface area (Å²) in [5, 5.41) is 15.0. The Morgan fingerprint density at radius 2 is 2.12 bits per heavy atom. The van der Waals surface area contributed by atoms with Gasteiger partial charge in [-0.25, -0.2) is 9.67 Å². The topological polar surface area (TPSA) is 98.7 Å². The first-order chi connectivity index (χ1) is 11.7. The molecule has 1 amide bonds. The van der Waals surface area contributed by atoms with Gasteiger partial charge in [0, 0.05) is 6.54 Å². The van der Waals surface area contributed by atoms with Gasteiger partial charge >= 0.3 is 0 Å². The van der Waals surface area contributed by atoms with Gasteiger partial charge in [-0.2, -0.15) is 5.10 Å². The molecule has 1 aromatic carbocycles. The fraction of sp³-hybridized carbons (Fsp3) is 0.267. The van der Waals surface area contributed by atoms with Crippen LogP contribution in [0.3, 0.4) is 0 Å². The number of hydrogen-bond acceptors (Lipinski definition) is 7. The molecule has 0 fully saturated rings. The van der Waals surface area contributed by atoms with Crippen LogP contribution in [0.15, 0.2) is 46.6 Å². The molecule has 3 aromatic rings. The summed E-state index contributed by atoms with van der Waals surface area (Å²) in [5.74, 6) is 0.552. The second kappa shape index (κ2) is 7.73. The minimum atomic E-state index is -0.0865. The van der Waals surface area contributed by atoms with Crippen LogP contribution in [0.2, 0.25) is 0 Å². The van der Waals surface area contributed by atoms with Gasteiger partial charge in [0.15, 0.2) is 0 Å². The molecule has 0 saturated carbocycles. The van der Waals surface area contributed by atoms with E-state index in [2.05, 4.69) is 25.6 Å². The van der Waals surface area contributed by atoms with Gasteiger partial charge in [-0.15, -0.1) is 10.2 Å². The minimum absolute atomic E-state index is 0.0865. The average molecular weight is 344 g/mol. The van der Waals surface area contributed by atoms with E-state index in [0.717, 1.165) is 5.56 Å². The number of aryl methyl sites for hydroxylation is 1. The summed E-state index contributed by atoms with van der Waals surface area (Å²) in [6, 6.07) is 8.03. The van der Waals surface area contributed by atoms with E-state index in [0.29, 0.717) is 24.2 Å². The lowest BCUT2D eigenvalue weighted by molar-refractivity contribution is -0.118. The van der Waals surface area contributed by atoms with Crippen LogP contribution in [0.25, 0.3) is 0 Å². The Hall–Kier alpha value is -2.68. The van der Waals surface area contributed by atoms with Crippen molar-refractivity contribution in [1.29, 1.82) is 0 Å². The number of amides is 1. The molecule has 0 aliphatic rings. The highest BCUT2D eigenvalue weighted by atomic mass is 32.2. The Morgan fingerprint density at radius 1 is 1.29 bits per heavy atom. The molecule has 0 aliphatic carbocycles. The van der Waals surface area contributed by atoms with E-state index in [1.807, 2.05) is 31.2 Å². The Kier molecular flexibility index (Phi) is 5.22. The van der Waals surface area contributed by atoms with Crippen molar-refractivity contribution in [2.45, 2.75) is 25.2 Å². The molecule has 2 aromatic heterocycles. The quantitative estimate of drug-likeness (QED) is 0.647. The lowest BCUT2D eigenvalue weighted by Crippen LogP contribution is -2.24. The Balaban J connectivity index is 1.42. The van der Waals surface area contributed by atoms with Crippen LogP contribution in [-0.4, -0.2) is 36.6 Å². The lowest BCUT2D eigenvalue weighted by Gasteiger charge is -2.04. The maximum Gasteiger partial charge on any atom is 0.277 e. The fourth-order valence-electron chi connectivity index (χ4n) is 1.90. The van der Waals surface area contributed by atoms with Gasteiger partial charge in [-0.05, 0) is 12.5 Å². The maximum atomic E-state index is 11.9. The molecule has 0 radical (unpaired) electrons. The van der Waals surface area contributed by atoms with Crippen molar-refractivity contribution in [3.05, 3.63) is 53.9 Å². The van der Waals surface area contributed by atoms with Crippen molar-refractivity contribution in [3.8, 4) is 0 Å². The molecule has 0 saturated heterocycles. The molecule has 2 heterocycles. The van der Waals surface area contributed by atoms with Gasteiger partial charge in [0.1, 0.15) is 19.2 Å². The van der Waals surface area contributed by atoms with Crippen LogP contribution >= 0.6 is 11.8 Å². The summed E-state index contributed by atoms with van der Waals surface area (Å²) in [4.78, 5) is 15.7. The highest BCUT2D eigenvalue weighted by Crippen LogP contribution is 2.16. The predicted octanol–water partition coefficient (Wildman–Crippen LogP) is 1.43. The fourth-order valence-corrected chi connectivity index (χ4v) is 2.51.